The van der Waals surface area contributed by atoms with Crippen LogP contribution in [0.1, 0.15) is 28.4 Å². The standard InChI is InChI=1S/C17H15NO3/c1-12-5-4-7-14(9-12)16-10-13-6-2-3-8-15(13)17(21-16)11-18(19)20/h2-10,17H,11H2,1H3. The largest absolute Gasteiger partial charge is 0.478 e. The predicted molar refractivity (Wildman–Crippen MR) is 81.2 cm³/mol. The number of ether oxygens (including phenoxy) is 1. The number of rotatable bonds is 3. The van der Waals surface area contributed by atoms with Gasteiger partial charge in [0.15, 0.2) is 6.10 Å². The fourth-order valence-electron chi connectivity index (χ4n) is 2.55. The van der Waals surface area contributed by atoms with Crippen LogP contribution in [0.3, 0.4) is 0 Å². The normalized spacial score (nSPS) is 16.6. The van der Waals surface area contributed by atoms with E-state index in [2.05, 4.69) is 0 Å². The molecule has 2 aromatic carbocycles. The maximum absolute atomic E-state index is 10.9. The second kappa shape index (κ2) is 5.40. The Morgan fingerprint density at radius 2 is 2.00 bits per heavy atom. The van der Waals surface area contributed by atoms with Gasteiger partial charge >= 0.3 is 0 Å². The zero-order chi connectivity index (χ0) is 14.8. The first-order valence-electron chi connectivity index (χ1n) is 6.79. The summed E-state index contributed by atoms with van der Waals surface area (Å²) >= 11 is 0. The lowest BCUT2D eigenvalue weighted by Gasteiger charge is -2.25. The van der Waals surface area contributed by atoms with Crippen molar-refractivity contribution in [2.45, 2.75) is 13.0 Å². The molecule has 1 atom stereocenters. The Morgan fingerprint density at radius 3 is 2.76 bits per heavy atom. The fourth-order valence-corrected chi connectivity index (χ4v) is 2.55. The van der Waals surface area contributed by atoms with Crippen LogP contribution in [0.4, 0.5) is 0 Å². The number of hydrogen-bond donors (Lipinski definition) is 0. The molecule has 1 aliphatic rings. The third kappa shape index (κ3) is 2.79. The molecule has 3 rings (SSSR count). The predicted octanol–water partition coefficient (Wildman–Crippen LogP) is 3.84. The lowest BCUT2D eigenvalue weighted by atomic mass is 9.97. The molecule has 0 aromatic heterocycles. The zero-order valence-corrected chi connectivity index (χ0v) is 11.7. The molecule has 0 radical (unpaired) electrons. The Kier molecular flexibility index (Phi) is 3.44. The number of fused-ring (bicyclic) bond motifs is 1. The third-order valence-electron chi connectivity index (χ3n) is 3.52. The summed E-state index contributed by atoms with van der Waals surface area (Å²) in [4.78, 5) is 10.5. The minimum atomic E-state index is -0.545. The van der Waals surface area contributed by atoms with Crippen LogP contribution in [-0.4, -0.2) is 11.5 Å². The molecule has 0 fully saturated rings. The lowest BCUT2D eigenvalue weighted by molar-refractivity contribution is -0.491. The summed E-state index contributed by atoms with van der Waals surface area (Å²) in [5.41, 5.74) is 3.91. The van der Waals surface area contributed by atoms with Gasteiger partial charge in [-0.15, -0.1) is 0 Å². The molecule has 0 N–H and O–H groups in total. The summed E-state index contributed by atoms with van der Waals surface area (Å²) in [7, 11) is 0. The molecule has 0 saturated heterocycles. The first kappa shape index (κ1) is 13.4. The van der Waals surface area contributed by atoms with E-state index in [0.717, 1.165) is 22.3 Å². The molecule has 0 aliphatic carbocycles. The molecule has 2 aromatic rings. The summed E-state index contributed by atoms with van der Waals surface area (Å²) in [6.45, 7) is 1.77. The molecule has 1 unspecified atom stereocenters. The van der Waals surface area contributed by atoms with Crippen LogP contribution in [0.15, 0.2) is 48.5 Å². The number of hydrogen-bond acceptors (Lipinski definition) is 3. The maximum atomic E-state index is 10.9. The minimum Gasteiger partial charge on any atom is -0.478 e. The van der Waals surface area contributed by atoms with Crippen LogP contribution in [0.5, 0.6) is 0 Å². The van der Waals surface area contributed by atoms with Crippen LogP contribution in [-0.2, 0) is 4.74 Å². The van der Waals surface area contributed by atoms with Gasteiger partial charge in [0, 0.05) is 16.1 Å². The minimum absolute atomic E-state index is 0.236. The summed E-state index contributed by atoms with van der Waals surface area (Å²) in [5, 5.41) is 10.9. The maximum Gasteiger partial charge on any atom is 0.244 e. The zero-order valence-electron chi connectivity index (χ0n) is 11.7. The molecule has 1 heterocycles. The van der Waals surface area contributed by atoms with Gasteiger partial charge in [-0.1, -0.05) is 48.0 Å². The van der Waals surface area contributed by atoms with E-state index < -0.39 is 6.10 Å². The lowest BCUT2D eigenvalue weighted by Crippen LogP contribution is -2.18. The molecule has 4 nitrogen and oxygen atoms in total. The van der Waals surface area contributed by atoms with E-state index in [4.69, 9.17) is 4.74 Å². The number of aryl methyl sites for hydroxylation is 1. The van der Waals surface area contributed by atoms with Gasteiger partial charge in [0.1, 0.15) is 5.76 Å². The van der Waals surface area contributed by atoms with Crippen LogP contribution in [0.25, 0.3) is 11.8 Å². The molecule has 0 saturated carbocycles. The Balaban J connectivity index is 2.04. The number of benzene rings is 2. The van der Waals surface area contributed by atoms with Gasteiger partial charge in [-0.2, -0.15) is 0 Å². The smallest absolute Gasteiger partial charge is 0.244 e. The highest BCUT2D eigenvalue weighted by atomic mass is 16.6. The molecular weight excluding hydrogens is 266 g/mol. The van der Waals surface area contributed by atoms with Crippen LogP contribution < -0.4 is 0 Å². The van der Waals surface area contributed by atoms with Gasteiger partial charge in [-0.05, 0) is 24.6 Å². The van der Waals surface area contributed by atoms with E-state index in [1.165, 1.54) is 0 Å². The van der Waals surface area contributed by atoms with Crippen molar-refractivity contribution in [1.29, 1.82) is 0 Å². The van der Waals surface area contributed by atoms with Gasteiger partial charge in [-0.3, -0.25) is 10.1 Å². The van der Waals surface area contributed by atoms with E-state index >= 15 is 0 Å². The van der Waals surface area contributed by atoms with Crippen molar-refractivity contribution in [2.24, 2.45) is 0 Å². The van der Waals surface area contributed by atoms with Gasteiger partial charge in [0.2, 0.25) is 6.54 Å². The Morgan fingerprint density at radius 1 is 1.19 bits per heavy atom. The quantitative estimate of drug-likeness (QED) is 0.634. The number of nitrogens with zero attached hydrogens (tertiary/aromatic N) is 1. The van der Waals surface area contributed by atoms with Crippen molar-refractivity contribution in [1.82, 2.24) is 0 Å². The SMILES string of the molecule is Cc1cccc(C2=Cc3ccccc3C(C[N+](=O)[O-])O2)c1. The Bertz CT molecular complexity index is 721. The molecule has 4 heteroatoms. The van der Waals surface area contributed by atoms with Gasteiger partial charge in [0.25, 0.3) is 0 Å². The average Bonchev–Trinajstić information content (AvgIpc) is 2.46. The van der Waals surface area contributed by atoms with E-state index in [1.54, 1.807) is 0 Å². The molecular formula is C17H15NO3. The van der Waals surface area contributed by atoms with Crippen molar-refractivity contribution >= 4 is 11.8 Å². The highest BCUT2D eigenvalue weighted by Crippen LogP contribution is 2.35. The van der Waals surface area contributed by atoms with Crippen molar-refractivity contribution in [3.05, 3.63) is 80.9 Å². The molecule has 0 bridgehead atoms. The Labute approximate surface area is 122 Å². The fraction of sp³-hybridized carbons (Fsp3) is 0.176. The van der Waals surface area contributed by atoms with Crippen molar-refractivity contribution in [3.63, 3.8) is 0 Å². The highest BCUT2D eigenvalue weighted by Gasteiger charge is 2.27. The first-order chi connectivity index (χ1) is 10.1. The van der Waals surface area contributed by atoms with Crippen LogP contribution in [0.2, 0.25) is 0 Å². The Hall–Kier alpha value is -2.62. The molecule has 21 heavy (non-hydrogen) atoms. The topological polar surface area (TPSA) is 52.4 Å². The molecule has 1 aliphatic heterocycles. The number of nitro groups is 1. The first-order valence-corrected chi connectivity index (χ1v) is 6.79. The van der Waals surface area contributed by atoms with Gasteiger partial charge in [0.05, 0.1) is 0 Å². The summed E-state index contributed by atoms with van der Waals surface area (Å²) in [6.07, 6.45) is 1.40. The molecule has 0 spiro atoms. The summed E-state index contributed by atoms with van der Waals surface area (Å²) < 4.78 is 5.88. The van der Waals surface area contributed by atoms with Crippen molar-refractivity contribution in [2.75, 3.05) is 6.54 Å². The molecule has 106 valence electrons. The molecule has 0 amide bonds. The van der Waals surface area contributed by atoms with Crippen molar-refractivity contribution in [3.8, 4) is 0 Å². The second-order valence-corrected chi connectivity index (χ2v) is 5.13. The van der Waals surface area contributed by atoms with Crippen LogP contribution in [0, 0.1) is 17.0 Å². The van der Waals surface area contributed by atoms with E-state index in [0.29, 0.717) is 5.76 Å². The van der Waals surface area contributed by atoms with E-state index in [9.17, 15) is 10.1 Å². The second-order valence-electron chi connectivity index (χ2n) is 5.13. The van der Waals surface area contributed by atoms with Gasteiger partial charge < -0.3 is 4.74 Å². The summed E-state index contributed by atoms with van der Waals surface area (Å²) in [5.74, 6) is 0.684. The highest BCUT2D eigenvalue weighted by molar-refractivity contribution is 5.80. The van der Waals surface area contributed by atoms with Crippen molar-refractivity contribution < 1.29 is 9.66 Å². The van der Waals surface area contributed by atoms with Gasteiger partial charge in [-0.25, -0.2) is 0 Å². The third-order valence-corrected chi connectivity index (χ3v) is 3.52. The van der Waals surface area contributed by atoms with E-state index in [-0.39, 0.29) is 11.5 Å². The van der Waals surface area contributed by atoms with Crippen LogP contribution >= 0.6 is 0 Å². The average molecular weight is 281 g/mol. The van der Waals surface area contributed by atoms with E-state index in [1.807, 2.05) is 61.5 Å². The monoisotopic (exact) mass is 281 g/mol. The summed E-state index contributed by atoms with van der Waals surface area (Å²) in [6, 6.07) is 15.6.